The number of nitrogens with zero attached hydrogens (tertiary/aromatic N) is 3. The SMILES string of the molecule is O=C(CC1CCCC1)Nc1nc(-c2ncnc3[nH]ccc23)cs1.[HH].[HH]. The molecular weight excluding hydrogens is 310 g/mol. The molecule has 0 unspecified atom stereocenters. The van der Waals surface area contributed by atoms with Crippen LogP contribution in [0.5, 0.6) is 0 Å². The van der Waals surface area contributed by atoms with Crippen molar-refractivity contribution in [1.29, 1.82) is 0 Å². The molecule has 1 amide bonds. The first-order chi connectivity index (χ1) is 11.3. The van der Waals surface area contributed by atoms with Gasteiger partial charge in [-0.15, -0.1) is 11.3 Å². The van der Waals surface area contributed by atoms with E-state index in [1.54, 1.807) is 0 Å². The molecule has 1 aliphatic rings. The van der Waals surface area contributed by atoms with Gasteiger partial charge in [0.25, 0.3) is 0 Å². The summed E-state index contributed by atoms with van der Waals surface area (Å²) >= 11 is 1.43. The van der Waals surface area contributed by atoms with Gasteiger partial charge in [-0.2, -0.15) is 0 Å². The summed E-state index contributed by atoms with van der Waals surface area (Å²) in [5.74, 6) is 0.600. The highest BCUT2D eigenvalue weighted by atomic mass is 32.1. The molecule has 4 rings (SSSR count). The number of thiazole rings is 1. The first-order valence-electron chi connectivity index (χ1n) is 7.83. The van der Waals surface area contributed by atoms with Gasteiger partial charge in [0.05, 0.1) is 0 Å². The van der Waals surface area contributed by atoms with Crippen molar-refractivity contribution >= 4 is 33.4 Å². The third kappa shape index (κ3) is 2.96. The quantitative estimate of drug-likeness (QED) is 0.754. The number of hydrogen-bond donors (Lipinski definition) is 2. The Morgan fingerprint density at radius 2 is 2.26 bits per heavy atom. The minimum absolute atomic E-state index is 0. The molecular formula is C16H21N5OS. The maximum absolute atomic E-state index is 12.1. The molecule has 2 N–H and O–H groups in total. The van der Waals surface area contributed by atoms with Crippen LogP contribution >= 0.6 is 11.3 Å². The molecule has 1 saturated carbocycles. The Morgan fingerprint density at radius 1 is 1.39 bits per heavy atom. The summed E-state index contributed by atoms with van der Waals surface area (Å²) in [5, 5.41) is 6.40. The van der Waals surface area contributed by atoms with E-state index in [0.29, 0.717) is 17.5 Å². The summed E-state index contributed by atoms with van der Waals surface area (Å²) in [6, 6.07) is 1.93. The third-order valence-corrected chi connectivity index (χ3v) is 5.05. The molecule has 3 heterocycles. The second-order valence-electron chi connectivity index (χ2n) is 5.90. The van der Waals surface area contributed by atoms with Gasteiger partial charge in [0.2, 0.25) is 5.91 Å². The zero-order valence-corrected chi connectivity index (χ0v) is 13.4. The minimum atomic E-state index is 0. The fraction of sp³-hybridized carbons (Fsp3) is 0.375. The number of fused-ring (bicyclic) bond motifs is 1. The lowest BCUT2D eigenvalue weighted by Gasteiger charge is -2.07. The lowest BCUT2D eigenvalue weighted by molar-refractivity contribution is -0.117. The van der Waals surface area contributed by atoms with Gasteiger partial charge in [-0.1, -0.05) is 12.8 Å². The van der Waals surface area contributed by atoms with Gasteiger partial charge in [-0.05, 0) is 24.8 Å². The number of H-pyrrole nitrogens is 1. The zero-order chi connectivity index (χ0) is 15.6. The average molecular weight is 331 g/mol. The molecule has 0 radical (unpaired) electrons. The number of nitrogens with one attached hydrogen (secondary N) is 2. The number of aromatic nitrogens is 4. The second kappa shape index (κ2) is 6.08. The van der Waals surface area contributed by atoms with E-state index in [1.807, 2.05) is 17.6 Å². The molecule has 0 atom stereocenters. The monoisotopic (exact) mass is 331 g/mol. The Kier molecular flexibility index (Phi) is 3.78. The second-order valence-corrected chi connectivity index (χ2v) is 6.76. The third-order valence-electron chi connectivity index (χ3n) is 4.30. The van der Waals surface area contributed by atoms with Crippen molar-refractivity contribution < 1.29 is 7.65 Å². The number of hydrogen-bond acceptors (Lipinski definition) is 5. The van der Waals surface area contributed by atoms with Crippen LogP contribution in [0.3, 0.4) is 0 Å². The van der Waals surface area contributed by atoms with Gasteiger partial charge < -0.3 is 10.3 Å². The molecule has 3 aromatic rings. The van der Waals surface area contributed by atoms with Crippen LogP contribution in [-0.4, -0.2) is 25.8 Å². The maximum Gasteiger partial charge on any atom is 0.226 e. The van der Waals surface area contributed by atoms with E-state index in [2.05, 4.69) is 25.3 Å². The van der Waals surface area contributed by atoms with Crippen molar-refractivity contribution in [3.63, 3.8) is 0 Å². The zero-order valence-electron chi connectivity index (χ0n) is 12.6. The lowest BCUT2D eigenvalue weighted by Crippen LogP contribution is -2.14. The van der Waals surface area contributed by atoms with Crippen molar-refractivity contribution in [2.24, 2.45) is 5.92 Å². The Bertz CT molecular complexity index is 844. The fourth-order valence-electron chi connectivity index (χ4n) is 3.16. The normalized spacial score (nSPS) is 15.3. The Morgan fingerprint density at radius 3 is 3.13 bits per heavy atom. The van der Waals surface area contributed by atoms with Crippen molar-refractivity contribution in [3.05, 3.63) is 24.0 Å². The highest BCUT2D eigenvalue weighted by Gasteiger charge is 2.19. The molecule has 0 aromatic carbocycles. The van der Waals surface area contributed by atoms with E-state index >= 15 is 0 Å². The molecule has 0 bridgehead atoms. The van der Waals surface area contributed by atoms with Crippen LogP contribution in [0.1, 0.15) is 35.0 Å². The van der Waals surface area contributed by atoms with Crippen LogP contribution in [0.2, 0.25) is 0 Å². The van der Waals surface area contributed by atoms with Crippen LogP contribution < -0.4 is 5.32 Å². The highest BCUT2D eigenvalue weighted by molar-refractivity contribution is 7.14. The van der Waals surface area contributed by atoms with Gasteiger partial charge in [-0.25, -0.2) is 15.0 Å². The van der Waals surface area contributed by atoms with Gasteiger partial charge >= 0.3 is 0 Å². The van der Waals surface area contributed by atoms with Crippen molar-refractivity contribution in [2.45, 2.75) is 32.1 Å². The number of carbonyl (C=O) groups excluding carboxylic acids is 1. The molecule has 0 aliphatic heterocycles. The van der Waals surface area contributed by atoms with Crippen molar-refractivity contribution in [3.8, 4) is 11.4 Å². The van der Waals surface area contributed by atoms with Crippen LogP contribution in [-0.2, 0) is 4.79 Å². The molecule has 7 heteroatoms. The molecule has 122 valence electrons. The summed E-state index contributed by atoms with van der Waals surface area (Å²) < 4.78 is 0. The van der Waals surface area contributed by atoms with Crippen LogP contribution in [0.4, 0.5) is 5.13 Å². The van der Waals surface area contributed by atoms with E-state index < -0.39 is 0 Å². The van der Waals surface area contributed by atoms with Crippen molar-refractivity contribution in [2.75, 3.05) is 5.32 Å². The maximum atomic E-state index is 12.1. The van der Waals surface area contributed by atoms with Gasteiger partial charge in [0.1, 0.15) is 23.4 Å². The van der Waals surface area contributed by atoms with E-state index in [9.17, 15) is 4.79 Å². The van der Waals surface area contributed by atoms with Crippen LogP contribution in [0.25, 0.3) is 22.4 Å². The first kappa shape index (κ1) is 14.3. The molecule has 1 aliphatic carbocycles. The smallest absolute Gasteiger partial charge is 0.226 e. The molecule has 3 aromatic heterocycles. The average Bonchev–Trinajstić information content (AvgIpc) is 3.27. The van der Waals surface area contributed by atoms with E-state index in [0.717, 1.165) is 22.4 Å². The molecule has 1 fully saturated rings. The summed E-state index contributed by atoms with van der Waals surface area (Å²) in [4.78, 5) is 28.2. The summed E-state index contributed by atoms with van der Waals surface area (Å²) in [6.45, 7) is 0. The first-order valence-corrected chi connectivity index (χ1v) is 8.71. The Balaban J connectivity index is 0.00000113. The standard InChI is InChI=1S/C16H17N5OS.2H2/c22-13(7-10-3-1-2-4-10)21-16-20-12(8-23-16)14-11-5-6-17-15(11)19-9-18-14;;/h5-6,8-10H,1-4,7H2,(H,17,18,19)(H,20,21,22);2*1H. The number of anilines is 1. The Hall–Kier alpha value is -2.28. The highest BCUT2D eigenvalue weighted by Crippen LogP contribution is 2.30. The van der Waals surface area contributed by atoms with E-state index in [-0.39, 0.29) is 8.76 Å². The number of amides is 1. The molecule has 23 heavy (non-hydrogen) atoms. The largest absolute Gasteiger partial charge is 0.346 e. The number of aromatic amines is 1. The fourth-order valence-corrected chi connectivity index (χ4v) is 3.87. The lowest BCUT2D eigenvalue weighted by atomic mass is 10.0. The predicted molar refractivity (Wildman–Crippen MR) is 94.4 cm³/mol. The number of rotatable bonds is 4. The summed E-state index contributed by atoms with van der Waals surface area (Å²) in [6.07, 6.45) is 8.79. The van der Waals surface area contributed by atoms with Gasteiger partial charge in [-0.3, -0.25) is 4.79 Å². The van der Waals surface area contributed by atoms with E-state index in [1.165, 1.54) is 43.3 Å². The Labute approximate surface area is 140 Å². The molecule has 0 spiro atoms. The number of carbonyl (C=O) groups is 1. The van der Waals surface area contributed by atoms with Crippen LogP contribution in [0, 0.1) is 5.92 Å². The summed E-state index contributed by atoms with van der Waals surface area (Å²) in [5.41, 5.74) is 2.33. The minimum Gasteiger partial charge on any atom is -0.346 e. The predicted octanol–water partition coefficient (Wildman–Crippen LogP) is 4.09. The molecule has 6 nitrogen and oxygen atoms in total. The topological polar surface area (TPSA) is 83.6 Å². The summed E-state index contributed by atoms with van der Waals surface area (Å²) in [7, 11) is 0. The van der Waals surface area contributed by atoms with Gasteiger partial charge in [0, 0.05) is 26.2 Å². The van der Waals surface area contributed by atoms with Crippen molar-refractivity contribution in [1.82, 2.24) is 19.9 Å². The van der Waals surface area contributed by atoms with Gasteiger partial charge in [0.15, 0.2) is 5.13 Å². The van der Waals surface area contributed by atoms with Crippen LogP contribution in [0.15, 0.2) is 24.0 Å². The molecule has 0 saturated heterocycles. The van der Waals surface area contributed by atoms with E-state index in [4.69, 9.17) is 0 Å².